The lowest BCUT2D eigenvalue weighted by atomic mass is 9.75. The van der Waals surface area contributed by atoms with Gasteiger partial charge in [-0.25, -0.2) is 0 Å². The summed E-state index contributed by atoms with van der Waals surface area (Å²) in [4.78, 5) is 0. The summed E-state index contributed by atoms with van der Waals surface area (Å²) in [5, 5.41) is 3.72. The first kappa shape index (κ1) is 16.7. The average Bonchev–Trinajstić information content (AvgIpc) is 2.37. The molecule has 1 saturated carbocycles. The minimum absolute atomic E-state index is 0.0643. The number of hydrogen-bond donors (Lipinski definition) is 1. The molecule has 3 heteroatoms. The highest BCUT2D eigenvalue weighted by molar-refractivity contribution is 5.02. The van der Waals surface area contributed by atoms with Crippen LogP contribution in [0.2, 0.25) is 0 Å². The van der Waals surface area contributed by atoms with Gasteiger partial charge in [-0.15, -0.1) is 0 Å². The Morgan fingerprint density at radius 3 is 1.77 bits per heavy atom. The van der Waals surface area contributed by atoms with E-state index >= 15 is 0 Å². The maximum Gasteiger partial charge on any atom is 0.171 e. The van der Waals surface area contributed by atoms with Crippen molar-refractivity contribution in [3.63, 3.8) is 0 Å². The highest BCUT2D eigenvalue weighted by Crippen LogP contribution is 2.44. The lowest BCUT2D eigenvalue weighted by Crippen LogP contribution is -2.66. The van der Waals surface area contributed by atoms with E-state index in [9.17, 15) is 0 Å². The lowest BCUT2D eigenvalue weighted by molar-refractivity contribution is -0.315. The van der Waals surface area contributed by atoms with Crippen molar-refractivity contribution >= 4 is 0 Å². The van der Waals surface area contributed by atoms with Crippen LogP contribution < -0.4 is 5.32 Å². The molecule has 22 heavy (non-hydrogen) atoms. The molecule has 1 aliphatic carbocycles. The third-order valence-corrected chi connectivity index (χ3v) is 5.95. The molecule has 0 unspecified atom stereocenters. The molecule has 3 rings (SSSR count). The zero-order valence-electron chi connectivity index (χ0n) is 15.2. The Hall–Kier alpha value is -0.120. The minimum atomic E-state index is -0.364. The summed E-state index contributed by atoms with van der Waals surface area (Å²) in [6, 6.07) is 0. The van der Waals surface area contributed by atoms with Gasteiger partial charge in [-0.2, -0.15) is 0 Å². The van der Waals surface area contributed by atoms with Crippen LogP contribution in [0.1, 0.15) is 73.1 Å². The van der Waals surface area contributed by atoms with Gasteiger partial charge in [-0.3, -0.25) is 0 Å². The summed E-state index contributed by atoms with van der Waals surface area (Å²) in [7, 11) is 0. The Morgan fingerprint density at radius 1 is 0.773 bits per heavy atom. The van der Waals surface area contributed by atoms with Gasteiger partial charge in [-0.05, 0) is 52.4 Å². The van der Waals surface area contributed by atoms with E-state index < -0.39 is 0 Å². The average molecular weight is 309 g/mol. The molecule has 2 heterocycles. The van der Waals surface area contributed by atoms with Crippen LogP contribution in [0.15, 0.2) is 0 Å². The van der Waals surface area contributed by atoms with Gasteiger partial charge in [0.2, 0.25) is 0 Å². The molecule has 0 aromatic rings. The van der Waals surface area contributed by atoms with E-state index in [1.165, 1.54) is 25.7 Å². The van der Waals surface area contributed by atoms with Crippen molar-refractivity contribution in [1.82, 2.24) is 5.32 Å². The van der Waals surface area contributed by atoms with Crippen LogP contribution in [-0.4, -0.2) is 30.1 Å². The molecule has 128 valence electrons. The van der Waals surface area contributed by atoms with Crippen LogP contribution in [0.5, 0.6) is 0 Å². The molecule has 1 N–H and O–H groups in total. The molecule has 0 atom stereocenters. The first-order valence-electron chi connectivity index (χ1n) is 9.26. The van der Waals surface area contributed by atoms with Gasteiger partial charge in [0.1, 0.15) is 0 Å². The zero-order valence-corrected chi connectivity index (χ0v) is 15.2. The van der Waals surface area contributed by atoms with Gasteiger partial charge in [0.05, 0.1) is 13.2 Å². The van der Waals surface area contributed by atoms with Crippen LogP contribution in [0.25, 0.3) is 0 Å². The van der Waals surface area contributed by atoms with Crippen molar-refractivity contribution in [3.05, 3.63) is 0 Å². The fourth-order valence-corrected chi connectivity index (χ4v) is 5.25. The molecule has 1 spiro atoms. The zero-order chi connectivity index (χ0) is 16.0. The summed E-state index contributed by atoms with van der Waals surface area (Å²) in [5.74, 6) is 1.98. The maximum absolute atomic E-state index is 6.41. The summed E-state index contributed by atoms with van der Waals surface area (Å²) < 4.78 is 12.8. The Kier molecular flexibility index (Phi) is 4.37. The van der Waals surface area contributed by atoms with E-state index in [1.54, 1.807) is 0 Å². The summed E-state index contributed by atoms with van der Waals surface area (Å²) in [5.41, 5.74) is 0.129. The molecule has 3 aliphatic rings. The fraction of sp³-hybridized carbons (Fsp3) is 1.00. The van der Waals surface area contributed by atoms with Gasteiger partial charge in [0, 0.05) is 29.8 Å². The first-order valence-corrected chi connectivity index (χ1v) is 9.26. The lowest BCUT2D eigenvalue weighted by Gasteiger charge is -2.54. The molecular formula is C19H35NO2. The quantitative estimate of drug-likeness (QED) is 0.790. The predicted octanol–water partition coefficient (Wildman–Crippen LogP) is 4.11. The smallest absolute Gasteiger partial charge is 0.171 e. The van der Waals surface area contributed by atoms with Gasteiger partial charge < -0.3 is 14.8 Å². The van der Waals surface area contributed by atoms with Crippen LogP contribution in [0, 0.1) is 17.8 Å². The molecule has 3 fully saturated rings. The standard InChI is InChI=1S/C19H35NO2/c1-14-6-8-15(9-7-14)16-10-21-19(22-11-16)12-17(2,3)20-18(4,5)13-19/h14-16,20H,6-13H2,1-5H3. The molecule has 0 aromatic heterocycles. The molecular weight excluding hydrogens is 274 g/mol. The second-order valence-electron chi connectivity index (χ2n) is 9.56. The third kappa shape index (κ3) is 3.68. The van der Waals surface area contributed by atoms with Crippen molar-refractivity contribution in [2.24, 2.45) is 17.8 Å². The van der Waals surface area contributed by atoms with E-state index in [2.05, 4.69) is 39.9 Å². The summed E-state index contributed by atoms with van der Waals surface area (Å²) in [6.07, 6.45) is 7.39. The van der Waals surface area contributed by atoms with Crippen molar-refractivity contribution < 1.29 is 9.47 Å². The van der Waals surface area contributed by atoms with Crippen LogP contribution >= 0.6 is 0 Å². The SMILES string of the molecule is CC1CCC(C2COC3(CC(C)(C)NC(C)(C)C3)OC2)CC1. The Bertz CT molecular complexity index is 370. The van der Waals surface area contributed by atoms with E-state index in [0.29, 0.717) is 5.92 Å². The molecule has 3 nitrogen and oxygen atoms in total. The summed E-state index contributed by atoms with van der Waals surface area (Å²) >= 11 is 0. The monoisotopic (exact) mass is 309 g/mol. The highest BCUT2D eigenvalue weighted by atomic mass is 16.7. The van der Waals surface area contributed by atoms with Crippen molar-refractivity contribution in [2.45, 2.75) is 90.0 Å². The normalized spacial score (nSPS) is 38.0. The number of rotatable bonds is 1. The Labute approximate surface area is 136 Å². The van der Waals surface area contributed by atoms with Gasteiger partial charge in [0.25, 0.3) is 0 Å². The van der Waals surface area contributed by atoms with Crippen molar-refractivity contribution in [3.8, 4) is 0 Å². The van der Waals surface area contributed by atoms with Gasteiger partial charge in [-0.1, -0.05) is 19.8 Å². The van der Waals surface area contributed by atoms with Gasteiger partial charge >= 0.3 is 0 Å². The number of hydrogen-bond acceptors (Lipinski definition) is 3. The Balaban J connectivity index is 1.61. The van der Waals surface area contributed by atoms with E-state index in [-0.39, 0.29) is 16.9 Å². The topological polar surface area (TPSA) is 30.5 Å². The summed E-state index contributed by atoms with van der Waals surface area (Å²) in [6.45, 7) is 13.2. The largest absolute Gasteiger partial charge is 0.349 e. The fourth-order valence-electron chi connectivity index (χ4n) is 5.25. The van der Waals surface area contributed by atoms with Crippen LogP contribution in [0.3, 0.4) is 0 Å². The van der Waals surface area contributed by atoms with Crippen molar-refractivity contribution in [1.29, 1.82) is 0 Å². The molecule has 0 aromatic carbocycles. The number of ether oxygens (including phenoxy) is 2. The highest BCUT2D eigenvalue weighted by Gasteiger charge is 2.51. The second kappa shape index (κ2) is 5.75. The van der Waals surface area contributed by atoms with E-state index in [0.717, 1.165) is 37.9 Å². The predicted molar refractivity (Wildman–Crippen MR) is 89.8 cm³/mol. The Morgan fingerprint density at radius 2 is 1.27 bits per heavy atom. The number of nitrogens with one attached hydrogen (secondary N) is 1. The number of piperidine rings is 1. The van der Waals surface area contributed by atoms with E-state index in [4.69, 9.17) is 9.47 Å². The van der Waals surface area contributed by atoms with Crippen molar-refractivity contribution in [2.75, 3.05) is 13.2 Å². The molecule has 0 amide bonds. The second-order valence-corrected chi connectivity index (χ2v) is 9.56. The van der Waals surface area contributed by atoms with Crippen LogP contribution in [0.4, 0.5) is 0 Å². The molecule has 0 bridgehead atoms. The molecule has 0 radical (unpaired) electrons. The van der Waals surface area contributed by atoms with E-state index in [1.807, 2.05) is 0 Å². The minimum Gasteiger partial charge on any atom is -0.349 e. The van der Waals surface area contributed by atoms with Crippen LogP contribution in [-0.2, 0) is 9.47 Å². The molecule has 2 saturated heterocycles. The van der Waals surface area contributed by atoms with Gasteiger partial charge in [0.15, 0.2) is 5.79 Å². The molecule has 2 aliphatic heterocycles. The third-order valence-electron chi connectivity index (χ3n) is 5.95. The maximum atomic E-state index is 6.41. The first-order chi connectivity index (χ1) is 10.2.